The number of halogens is 1. The summed E-state index contributed by atoms with van der Waals surface area (Å²) < 4.78 is 5.56. The molecule has 0 fully saturated rings. The van der Waals surface area contributed by atoms with E-state index in [0.717, 1.165) is 33.3 Å². The number of hydrogen-bond acceptors (Lipinski definition) is 5. The van der Waals surface area contributed by atoms with E-state index in [1.54, 1.807) is 0 Å². The summed E-state index contributed by atoms with van der Waals surface area (Å²) >= 11 is 7.56. The molecule has 29 heavy (non-hydrogen) atoms. The molecule has 1 atom stereocenters. The molecule has 5 aromatic rings. The number of aromatic nitrogens is 2. The van der Waals surface area contributed by atoms with E-state index >= 15 is 0 Å². The second-order valence-electron chi connectivity index (χ2n) is 6.64. The largest absolute Gasteiger partial charge is 0.381 e. The van der Waals surface area contributed by atoms with Gasteiger partial charge in [-0.1, -0.05) is 65.3 Å². The van der Waals surface area contributed by atoms with E-state index in [1.165, 1.54) is 11.3 Å². The van der Waals surface area contributed by atoms with Crippen molar-refractivity contribution in [2.45, 2.75) is 6.10 Å². The van der Waals surface area contributed by atoms with E-state index < -0.39 is 6.10 Å². The molecule has 0 aliphatic rings. The number of aliphatic hydroxyl groups is 1. The SMILES string of the molecule is OC(c1ccc2noc(-c3cccc(Cl)c3)c2c1)c1nc(-c2ccccc2)cs1. The van der Waals surface area contributed by atoms with Gasteiger partial charge in [-0.3, -0.25) is 0 Å². The van der Waals surface area contributed by atoms with Gasteiger partial charge in [0.1, 0.15) is 16.6 Å². The van der Waals surface area contributed by atoms with Crippen molar-refractivity contribution in [1.82, 2.24) is 10.1 Å². The summed E-state index contributed by atoms with van der Waals surface area (Å²) in [5.41, 5.74) is 4.18. The molecular weight excluding hydrogens is 404 g/mol. The van der Waals surface area contributed by atoms with E-state index in [0.29, 0.717) is 15.8 Å². The Morgan fingerprint density at radius 2 is 1.76 bits per heavy atom. The average molecular weight is 419 g/mol. The highest BCUT2D eigenvalue weighted by Crippen LogP contribution is 2.34. The van der Waals surface area contributed by atoms with Crippen LogP contribution in [0.15, 0.2) is 82.7 Å². The van der Waals surface area contributed by atoms with Crippen LogP contribution in [0.25, 0.3) is 33.5 Å². The summed E-state index contributed by atoms with van der Waals surface area (Å²) in [6.45, 7) is 0. The maximum atomic E-state index is 10.9. The van der Waals surface area contributed by atoms with Crippen LogP contribution in [0.2, 0.25) is 5.02 Å². The number of nitrogens with zero attached hydrogens (tertiary/aromatic N) is 2. The Balaban J connectivity index is 1.52. The summed E-state index contributed by atoms with van der Waals surface area (Å²) in [4.78, 5) is 4.63. The first-order valence-electron chi connectivity index (χ1n) is 9.03. The second-order valence-corrected chi connectivity index (χ2v) is 7.96. The molecule has 0 spiro atoms. The lowest BCUT2D eigenvalue weighted by Gasteiger charge is -2.08. The maximum Gasteiger partial charge on any atom is 0.174 e. The average Bonchev–Trinajstić information content (AvgIpc) is 3.41. The first-order valence-corrected chi connectivity index (χ1v) is 10.3. The molecule has 0 bridgehead atoms. The molecule has 4 nitrogen and oxygen atoms in total. The smallest absolute Gasteiger partial charge is 0.174 e. The highest BCUT2D eigenvalue weighted by molar-refractivity contribution is 7.10. The van der Waals surface area contributed by atoms with Gasteiger partial charge < -0.3 is 9.63 Å². The van der Waals surface area contributed by atoms with Crippen molar-refractivity contribution < 1.29 is 9.63 Å². The molecule has 0 saturated heterocycles. The third-order valence-electron chi connectivity index (χ3n) is 4.73. The molecule has 0 amide bonds. The molecule has 2 heterocycles. The number of benzene rings is 3. The number of aliphatic hydroxyl groups excluding tert-OH is 1. The third kappa shape index (κ3) is 3.44. The van der Waals surface area contributed by atoms with Gasteiger partial charge in [0.25, 0.3) is 0 Å². The van der Waals surface area contributed by atoms with Gasteiger partial charge in [0.2, 0.25) is 0 Å². The van der Waals surface area contributed by atoms with Gasteiger partial charge >= 0.3 is 0 Å². The van der Waals surface area contributed by atoms with Crippen molar-refractivity contribution >= 4 is 33.8 Å². The lowest BCUT2D eigenvalue weighted by atomic mass is 10.0. The Bertz CT molecular complexity index is 1300. The van der Waals surface area contributed by atoms with Gasteiger partial charge in [0, 0.05) is 21.5 Å². The summed E-state index contributed by atoms with van der Waals surface area (Å²) in [5.74, 6) is 0.626. The highest BCUT2D eigenvalue weighted by Gasteiger charge is 2.18. The standard InChI is InChI=1S/C23H15ClN2O2S/c24-17-8-4-7-16(11-17)22-18-12-15(9-10-19(18)26-28-22)21(27)23-25-20(13-29-23)14-5-2-1-3-6-14/h1-13,21,27H. The number of hydrogen-bond donors (Lipinski definition) is 1. The topological polar surface area (TPSA) is 59.2 Å². The van der Waals surface area contributed by atoms with Crippen molar-refractivity contribution in [2.24, 2.45) is 0 Å². The van der Waals surface area contributed by atoms with Gasteiger partial charge in [0.15, 0.2) is 5.76 Å². The van der Waals surface area contributed by atoms with Crippen LogP contribution in [0, 0.1) is 0 Å². The zero-order chi connectivity index (χ0) is 19.8. The van der Waals surface area contributed by atoms with E-state index in [1.807, 2.05) is 78.2 Å². The van der Waals surface area contributed by atoms with Crippen LogP contribution < -0.4 is 0 Å². The molecule has 0 saturated carbocycles. The Morgan fingerprint density at radius 3 is 2.59 bits per heavy atom. The van der Waals surface area contributed by atoms with E-state index in [-0.39, 0.29) is 0 Å². The van der Waals surface area contributed by atoms with Crippen molar-refractivity contribution in [3.63, 3.8) is 0 Å². The molecule has 142 valence electrons. The Kier molecular flexibility index (Phi) is 4.64. The summed E-state index contributed by atoms with van der Waals surface area (Å²) in [7, 11) is 0. The van der Waals surface area contributed by atoms with Crippen LogP contribution in [-0.2, 0) is 0 Å². The van der Waals surface area contributed by atoms with E-state index in [4.69, 9.17) is 16.1 Å². The van der Waals surface area contributed by atoms with Gasteiger partial charge in [0.05, 0.1) is 11.1 Å². The zero-order valence-corrected chi connectivity index (χ0v) is 16.7. The summed E-state index contributed by atoms with van der Waals surface area (Å²) in [6.07, 6.45) is -0.830. The molecule has 0 radical (unpaired) electrons. The molecule has 3 aromatic carbocycles. The van der Waals surface area contributed by atoms with Crippen LogP contribution in [0.1, 0.15) is 16.7 Å². The monoisotopic (exact) mass is 418 g/mol. The minimum atomic E-state index is -0.830. The number of fused-ring (bicyclic) bond motifs is 1. The van der Waals surface area contributed by atoms with Crippen LogP contribution in [0.3, 0.4) is 0 Å². The second kappa shape index (κ2) is 7.44. The van der Waals surface area contributed by atoms with E-state index in [9.17, 15) is 5.11 Å². The fourth-order valence-electron chi connectivity index (χ4n) is 3.26. The van der Waals surface area contributed by atoms with Gasteiger partial charge in [-0.25, -0.2) is 4.98 Å². The van der Waals surface area contributed by atoms with Gasteiger partial charge in [-0.05, 0) is 29.8 Å². The lowest BCUT2D eigenvalue weighted by molar-refractivity contribution is 0.220. The highest BCUT2D eigenvalue weighted by atomic mass is 35.5. The number of thiazole rings is 1. The fourth-order valence-corrected chi connectivity index (χ4v) is 4.29. The molecule has 6 heteroatoms. The van der Waals surface area contributed by atoms with Crippen molar-refractivity contribution in [3.05, 3.63) is 93.8 Å². The first-order chi connectivity index (χ1) is 14.2. The molecule has 0 aliphatic heterocycles. The minimum Gasteiger partial charge on any atom is -0.381 e. The fraction of sp³-hybridized carbons (Fsp3) is 0.0435. The molecule has 2 aromatic heterocycles. The predicted octanol–water partition coefficient (Wildman–Crippen LogP) is 6.35. The third-order valence-corrected chi connectivity index (χ3v) is 5.86. The summed E-state index contributed by atoms with van der Waals surface area (Å²) in [6, 6.07) is 22.9. The van der Waals surface area contributed by atoms with Gasteiger partial charge in [-0.2, -0.15) is 0 Å². The summed E-state index contributed by atoms with van der Waals surface area (Å²) in [5, 5.41) is 19.1. The lowest BCUT2D eigenvalue weighted by Crippen LogP contribution is -1.99. The normalized spacial score (nSPS) is 12.3. The van der Waals surface area contributed by atoms with Crippen LogP contribution in [0.4, 0.5) is 0 Å². The number of rotatable bonds is 4. The van der Waals surface area contributed by atoms with Crippen LogP contribution >= 0.6 is 22.9 Å². The van der Waals surface area contributed by atoms with Crippen molar-refractivity contribution in [1.29, 1.82) is 0 Å². The van der Waals surface area contributed by atoms with Crippen LogP contribution in [0.5, 0.6) is 0 Å². The van der Waals surface area contributed by atoms with Crippen molar-refractivity contribution in [2.75, 3.05) is 0 Å². The Hall–Kier alpha value is -2.99. The molecule has 1 N–H and O–H groups in total. The Labute approximate surface area is 176 Å². The van der Waals surface area contributed by atoms with Gasteiger partial charge in [-0.15, -0.1) is 11.3 Å². The molecule has 0 aliphatic carbocycles. The Morgan fingerprint density at radius 1 is 0.931 bits per heavy atom. The zero-order valence-electron chi connectivity index (χ0n) is 15.1. The quantitative estimate of drug-likeness (QED) is 0.369. The first kappa shape index (κ1) is 18.1. The molecular formula is C23H15ClN2O2S. The maximum absolute atomic E-state index is 10.9. The molecule has 5 rings (SSSR count). The van der Waals surface area contributed by atoms with Crippen LogP contribution in [-0.4, -0.2) is 15.2 Å². The minimum absolute atomic E-state index is 0.625. The predicted molar refractivity (Wildman–Crippen MR) is 116 cm³/mol. The van der Waals surface area contributed by atoms with Crippen molar-refractivity contribution in [3.8, 4) is 22.6 Å². The van der Waals surface area contributed by atoms with E-state index in [2.05, 4.69) is 10.1 Å². The molecule has 1 unspecified atom stereocenters.